The van der Waals surface area contributed by atoms with Crippen molar-refractivity contribution in [2.75, 3.05) is 4.90 Å². The monoisotopic (exact) mass is 499 g/mol. The molecule has 0 atom stereocenters. The summed E-state index contributed by atoms with van der Waals surface area (Å²) in [5, 5.41) is 3.90. The summed E-state index contributed by atoms with van der Waals surface area (Å²) in [6.07, 6.45) is 6.76. The molecule has 184 valence electrons. The van der Waals surface area contributed by atoms with Gasteiger partial charge in [0.1, 0.15) is 0 Å². The smallest absolute Gasteiger partial charge is 0.0783 e. The Labute approximate surface area is 226 Å². The van der Waals surface area contributed by atoms with E-state index in [0.717, 1.165) is 12.8 Å². The fraction of sp³-hybridized carbons (Fsp3) is 0.0556. The SMILES string of the molecule is C1=Cc2c(n(-c3ccc4c(c3)c3cccc5c3n4-c3ccccc3N5c3ccccc3)c3ccccc23)CC1. The Morgan fingerprint density at radius 3 is 2.18 bits per heavy atom. The fourth-order valence-electron chi connectivity index (χ4n) is 6.90. The highest BCUT2D eigenvalue weighted by Gasteiger charge is 2.28. The van der Waals surface area contributed by atoms with E-state index in [-0.39, 0.29) is 0 Å². The van der Waals surface area contributed by atoms with Crippen LogP contribution in [0.5, 0.6) is 0 Å². The van der Waals surface area contributed by atoms with Crippen molar-refractivity contribution in [3.8, 4) is 11.4 Å². The molecule has 0 radical (unpaired) electrons. The zero-order valence-electron chi connectivity index (χ0n) is 21.4. The summed E-state index contributed by atoms with van der Waals surface area (Å²) in [5.41, 5.74) is 12.6. The molecule has 0 spiro atoms. The van der Waals surface area contributed by atoms with Crippen molar-refractivity contribution in [3.63, 3.8) is 0 Å². The third-order valence-corrected chi connectivity index (χ3v) is 8.47. The average Bonchev–Trinajstić information content (AvgIpc) is 3.52. The predicted molar refractivity (Wildman–Crippen MR) is 163 cm³/mol. The van der Waals surface area contributed by atoms with Crippen LogP contribution in [0.2, 0.25) is 0 Å². The van der Waals surface area contributed by atoms with Gasteiger partial charge in [-0.2, -0.15) is 0 Å². The van der Waals surface area contributed by atoms with E-state index in [1.165, 1.54) is 72.4 Å². The van der Waals surface area contributed by atoms with Crippen LogP contribution in [0.3, 0.4) is 0 Å². The number of para-hydroxylation sites is 5. The minimum absolute atomic E-state index is 1.06. The van der Waals surface area contributed by atoms with E-state index in [0.29, 0.717) is 0 Å². The summed E-state index contributed by atoms with van der Waals surface area (Å²) in [6, 6.07) is 42.1. The van der Waals surface area contributed by atoms with E-state index in [2.05, 4.69) is 141 Å². The van der Waals surface area contributed by atoms with Crippen LogP contribution in [-0.2, 0) is 6.42 Å². The summed E-state index contributed by atoms with van der Waals surface area (Å²) in [5.74, 6) is 0. The Hall–Kier alpha value is -5.02. The third kappa shape index (κ3) is 2.77. The molecule has 0 saturated carbocycles. The van der Waals surface area contributed by atoms with Gasteiger partial charge in [0.25, 0.3) is 0 Å². The lowest BCUT2D eigenvalue weighted by molar-refractivity contribution is 0.889. The zero-order valence-corrected chi connectivity index (χ0v) is 21.4. The van der Waals surface area contributed by atoms with Gasteiger partial charge in [0, 0.05) is 38.8 Å². The van der Waals surface area contributed by atoms with Crippen molar-refractivity contribution in [1.29, 1.82) is 0 Å². The lowest BCUT2D eigenvalue weighted by atomic mass is 10.0. The van der Waals surface area contributed by atoms with Gasteiger partial charge < -0.3 is 14.0 Å². The minimum Gasteiger partial charge on any atom is -0.313 e. The normalized spacial score (nSPS) is 13.8. The molecule has 3 heterocycles. The Bertz CT molecular complexity index is 2120. The first-order valence-electron chi connectivity index (χ1n) is 13.7. The number of nitrogens with zero attached hydrogens (tertiary/aromatic N) is 3. The molecule has 3 heteroatoms. The van der Waals surface area contributed by atoms with Crippen molar-refractivity contribution < 1.29 is 0 Å². The Balaban J connectivity index is 1.37. The second-order valence-corrected chi connectivity index (χ2v) is 10.5. The van der Waals surface area contributed by atoms with Crippen molar-refractivity contribution in [2.24, 2.45) is 0 Å². The molecule has 1 aliphatic carbocycles. The second kappa shape index (κ2) is 7.75. The number of hydrogen-bond donors (Lipinski definition) is 0. The first-order valence-corrected chi connectivity index (χ1v) is 13.7. The fourth-order valence-corrected chi connectivity index (χ4v) is 6.90. The topological polar surface area (TPSA) is 13.1 Å². The van der Waals surface area contributed by atoms with E-state index in [4.69, 9.17) is 0 Å². The molecule has 0 unspecified atom stereocenters. The first kappa shape index (κ1) is 21.0. The molecule has 2 aliphatic rings. The molecule has 0 N–H and O–H groups in total. The summed E-state index contributed by atoms with van der Waals surface area (Å²) in [7, 11) is 0. The van der Waals surface area contributed by atoms with Crippen LogP contribution in [0.4, 0.5) is 17.1 Å². The molecular formula is C36H25N3. The summed E-state index contributed by atoms with van der Waals surface area (Å²) < 4.78 is 4.95. The number of rotatable bonds is 2. The van der Waals surface area contributed by atoms with E-state index in [1.54, 1.807) is 0 Å². The van der Waals surface area contributed by atoms with Crippen molar-refractivity contribution in [3.05, 3.63) is 133 Å². The molecule has 2 aromatic heterocycles. The maximum atomic E-state index is 2.49. The summed E-state index contributed by atoms with van der Waals surface area (Å²) >= 11 is 0. The van der Waals surface area contributed by atoms with E-state index in [1.807, 2.05) is 0 Å². The third-order valence-electron chi connectivity index (χ3n) is 8.47. The van der Waals surface area contributed by atoms with Gasteiger partial charge in [-0.3, -0.25) is 0 Å². The molecule has 1 aliphatic heterocycles. The largest absolute Gasteiger partial charge is 0.313 e. The van der Waals surface area contributed by atoms with Gasteiger partial charge in [-0.15, -0.1) is 0 Å². The van der Waals surface area contributed by atoms with Crippen LogP contribution in [-0.4, -0.2) is 9.13 Å². The Kier molecular flexibility index (Phi) is 4.17. The highest BCUT2D eigenvalue weighted by Crippen LogP contribution is 2.49. The second-order valence-electron chi connectivity index (χ2n) is 10.5. The molecule has 39 heavy (non-hydrogen) atoms. The van der Waals surface area contributed by atoms with Crippen molar-refractivity contribution in [2.45, 2.75) is 12.8 Å². The first-order chi connectivity index (χ1) is 19.4. The van der Waals surface area contributed by atoms with Crippen LogP contribution in [0.1, 0.15) is 17.7 Å². The van der Waals surface area contributed by atoms with Gasteiger partial charge in [0.15, 0.2) is 0 Å². The lowest BCUT2D eigenvalue weighted by Gasteiger charge is -2.33. The number of anilines is 3. The standard InChI is InChI=1S/C36H25N3/c1-2-11-24(12-3-1)37-33-18-8-9-19-34(33)39-32-22-21-25(23-29(32)28-15-10-20-35(37)36(28)39)38-30-16-6-4-13-26(30)27-14-5-7-17-31(27)38/h1-6,8-16,18-23H,7,17H2. The zero-order chi connectivity index (χ0) is 25.5. The molecule has 0 bridgehead atoms. The number of hydrogen-bond acceptors (Lipinski definition) is 1. The number of allylic oxidation sites excluding steroid dienone is 1. The number of aromatic nitrogens is 2. The van der Waals surface area contributed by atoms with Crippen LogP contribution in [0, 0.1) is 0 Å². The van der Waals surface area contributed by atoms with Gasteiger partial charge in [0.05, 0.1) is 33.6 Å². The summed E-state index contributed by atoms with van der Waals surface area (Å²) in [6.45, 7) is 0. The van der Waals surface area contributed by atoms with Crippen LogP contribution in [0.15, 0.2) is 121 Å². The van der Waals surface area contributed by atoms with E-state index < -0.39 is 0 Å². The maximum absolute atomic E-state index is 2.49. The quantitative estimate of drug-likeness (QED) is 0.231. The molecule has 7 aromatic rings. The van der Waals surface area contributed by atoms with Gasteiger partial charge in [-0.1, -0.05) is 72.8 Å². The predicted octanol–water partition coefficient (Wildman–Crippen LogP) is 9.47. The molecule has 9 rings (SSSR count). The average molecular weight is 500 g/mol. The maximum Gasteiger partial charge on any atom is 0.0783 e. The number of benzene rings is 5. The lowest BCUT2D eigenvalue weighted by Crippen LogP contribution is -2.17. The molecule has 5 aromatic carbocycles. The highest BCUT2D eigenvalue weighted by atomic mass is 15.2. The summed E-state index contributed by atoms with van der Waals surface area (Å²) in [4.78, 5) is 2.40. The van der Waals surface area contributed by atoms with Crippen molar-refractivity contribution >= 4 is 55.8 Å². The van der Waals surface area contributed by atoms with Crippen LogP contribution in [0.25, 0.3) is 50.2 Å². The van der Waals surface area contributed by atoms with Gasteiger partial charge in [-0.05, 0) is 67.4 Å². The highest BCUT2D eigenvalue weighted by molar-refractivity contribution is 6.17. The molecule has 3 nitrogen and oxygen atoms in total. The van der Waals surface area contributed by atoms with Crippen LogP contribution >= 0.6 is 0 Å². The van der Waals surface area contributed by atoms with Gasteiger partial charge in [0.2, 0.25) is 0 Å². The van der Waals surface area contributed by atoms with Gasteiger partial charge >= 0.3 is 0 Å². The molecule has 0 fully saturated rings. The van der Waals surface area contributed by atoms with Gasteiger partial charge in [-0.25, -0.2) is 0 Å². The Morgan fingerprint density at radius 1 is 0.513 bits per heavy atom. The molecule has 0 saturated heterocycles. The molecule has 0 amide bonds. The number of fused-ring (bicyclic) bond motifs is 8. The van der Waals surface area contributed by atoms with Crippen LogP contribution < -0.4 is 4.90 Å². The van der Waals surface area contributed by atoms with Crippen molar-refractivity contribution in [1.82, 2.24) is 9.13 Å². The van der Waals surface area contributed by atoms with E-state index in [9.17, 15) is 0 Å². The Morgan fingerprint density at radius 2 is 1.26 bits per heavy atom. The minimum atomic E-state index is 1.06. The molecular weight excluding hydrogens is 474 g/mol. The van der Waals surface area contributed by atoms with E-state index >= 15 is 0 Å².